The Morgan fingerprint density at radius 3 is 1.90 bits per heavy atom. The fourth-order valence-electron chi connectivity index (χ4n) is 0.623. The predicted octanol–water partition coefficient (Wildman–Crippen LogP) is 1.66. The van der Waals surface area contributed by atoms with Crippen molar-refractivity contribution in [1.82, 2.24) is 4.72 Å². The second-order valence-corrected chi connectivity index (χ2v) is 3.62. The Bertz CT molecular complexity index is 144. The summed E-state index contributed by atoms with van der Waals surface area (Å²) in [4.78, 5) is 0. The van der Waals surface area contributed by atoms with Gasteiger partial charge in [-0.3, -0.25) is 0 Å². The molecule has 0 spiro atoms. The van der Waals surface area contributed by atoms with Crippen molar-refractivity contribution in [1.29, 1.82) is 0 Å². The van der Waals surface area contributed by atoms with Gasteiger partial charge in [0.1, 0.15) is 0 Å². The molecule has 2 nitrogen and oxygen atoms in total. The maximum absolute atomic E-state index is 5.77. The minimum Gasteiger partial charge on any atom is -0.400 e. The van der Waals surface area contributed by atoms with Gasteiger partial charge in [0.15, 0.2) is 0 Å². The van der Waals surface area contributed by atoms with Crippen molar-refractivity contribution in [2.75, 3.05) is 0 Å². The predicted molar refractivity (Wildman–Crippen MR) is 48.5 cm³/mol. The van der Waals surface area contributed by atoms with Crippen LogP contribution in [0.3, 0.4) is 0 Å². The van der Waals surface area contributed by atoms with E-state index in [9.17, 15) is 0 Å². The summed E-state index contributed by atoms with van der Waals surface area (Å²) in [5.41, 5.74) is 7.58. The lowest BCUT2D eigenvalue weighted by Crippen LogP contribution is -2.21. The van der Waals surface area contributed by atoms with E-state index < -0.39 is 0 Å². The van der Waals surface area contributed by atoms with E-state index in [0.717, 1.165) is 11.4 Å². The van der Waals surface area contributed by atoms with Crippen LogP contribution in [0.25, 0.3) is 0 Å². The first kappa shape index (κ1) is 9.69. The molecular weight excluding hydrogens is 144 g/mol. The maximum Gasteiger partial charge on any atom is 0.0370 e. The molecule has 0 saturated heterocycles. The van der Waals surface area contributed by atoms with Crippen LogP contribution >= 0.6 is 12.8 Å². The van der Waals surface area contributed by atoms with Gasteiger partial charge in [-0.1, -0.05) is 33.6 Å². The molecule has 0 bridgehead atoms. The molecule has 0 aliphatic rings. The zero-order chi connectivity index (χ0) is 8.36. The molecule has 0 aromatic heterocycles. The summed E-state index contributed by atoms with van der Waals surface area (Å²) in [5, 5.41) is 0. The van der Waals surface area contributed by atoms with E-state index in [1.54, 1.807) is 0 Å². The van der Waals surface area contributed by atoms with Crippen LogP contribution in [-0.2, 0) is 0 Å². The Morgan fingerprint density at radius 2 is 1.80 bits per heavy atom. The molecule has 0 saturated carbocycles. The van der Waals surface area contributed by atoms with E-state index in [0.29, 0.717) is 0 Å². The molecule has 10 heavy (non-hydrogen) atoms. The van der Waals surface area contributed by atoms with Crippen molar-refractivity contribution in [3.8, 4) is 0 Å². The number of hydrogen-bond acceptors (Lipinski definition) is 3. The number of nitrogens with one attached hydrogen (secondary N) is 1. The molecule has 0 amide bonds. The smallest absolute Gasteiger partial charge is 0.0370 e. The van der Waals surface area contributed by atoms with Gasteiger partial charge in [-0.2, -0.15) is 0 Å². The minimum atomic E-state index is 0.0276. The van der Waals surface area contributed by atoms with Gasteiger partial charge >= 0.3 is 0 Å². The standard InChI is InChI=1S/C7H16N2S/c1-5(9-10)6(8)7(2,3)4/h9-10H,8H2,1-4H3/b6-5-. The molecule has 60 valence electrons. The van der Waals surface area contributed by atoms with Crippen LogP contribution in [0, 0.1) is 5.41 Å². The van der Waals surface area contributed by atoms with Crippen molar-refractivity contribution in [3.63, 3.8) is 0 Å². The Labute approximate surface area is 68.4 Å². The lowest BCUT2D eigenvalue weighted by Gasteiger charge is -2.21. The summed E-state index contributed by atoms with van der Waals surface area (Å²) in [6.45, 7) is 8.11. The molecule has 0 rings (SSSR count). The number of thiol groups is 1. The third-order valence-electron chi connectivity index (χ3n) is 1.38. The van der Waals surface area contributed by atoms with Gasteiger partial charge in [-0.25, -0.2) is 0 Å². The monoisotopic (exact) mass is 160 g/mol. The molecule has 0 aliphatic carbocycles. The van der Waals surface area contributed by atoms with E-state index >= 15 is 0 Å². The summed E-state index contributed by atoms with van der Waals surface area (Å²) in [6, 6.07) is 0. The third kappa shape index (κ3) is 2.52. The SMILES string of the molecule is C/C(NS)=C(/N)C(C)(C)C. The van der Waals surface area contributed by atoms with Crippen LogP contribution in [-0.4, -0.2) is 0 Å². The van der Waals surface area contributed by atoms with E-state index in [2.05, 4.69) is 38.3 Å². The molecule has 0 atom stereocenters. The molecule has 0 fully saturated rings. The van der Waals surface area contributed by atoms with Gasteiger partial charge in [-0.15, -0.1) is 0 Å². The summed E-state index contributed by atoms with van der Waals surface area (Å²) >= 11 is 3.90. The highest BCUT2D eigenvalue weighted by Gasteiger charge is 2.15. The minimum absolute atomic E-state index is 0.0276. The lowest BCUT2D eigenvalue weighted by atomic mass is 9.91. The molecule has 0 unspecified atom stereocenters. The molecular formula is C7H16N2S. The van der Waals surface area contributed by atoms with Crippen LogP contribution in [0.5, 0.6) is 0 Å². The zero-order valence-corrected chi connectivity index (χ0v) is 7.92. The second-order valence-electron chi connectivity index (χ2n) is 3.40. The van der Waals surface area contributed by atoms with Crippen LogP contribution < -0.4 is 10.5 Å². The van der Waals surface area contributed by atoms with Crippen molar-refractivity contribution in [2.45, 2.75) is 27.7 Å². The topological polar surface area (TPSA) is 38.0 Å². The molecule has 0 aromatic carbocycles. The van der Waals surface area contributed by atoms with Crippen molar-refractivity contribution in [3.05, 3.63) is 11.4 Å². The van der Waals surface area contributed by atoms with Gasteiger partial charge < -0.3 is 10.5 Å². The van der Waals surface area contributed by atoms with Gasteiger partial charge in [0.25, 0.3) is 0 Å². The highest BCUT2D eigenvalue weighted by atomic mass is 32.1. The van der Waals surface area contributed by atoms with Crippen LogP contribution in [0.2, 0.25) is 0 Å². The molecule has 0 aromatic rings. The van der Waals surface area contributed by atoms with Gasteiger partial charge in [0.2, 0.25) is 0 Å². The van der Waals surface area contributed by atoms with Crippen LogP contribution in [0.1, 0.15) is 27.7 Å². The number of rotatable bonds is 1. The van der Waals surface area contributed by atoms with Crippen molar-refractivity contribution >= 4 is 12.8 Å². The van der Waals surface area contributed by atoms with Crippen molar-refractivity contribution < 1.29 is 0 Å². The Balaban J connectivity index is 4.47. The van der Waals surface area contributed by atoms with Gasteiger partial charge in [0, 0.05) is 16.8 Å². The summed E-state index contributed by atoms with van der Waals surface area (Å²) in [6.07, 6.45) is 0. The van der Waals surface area contributed by atoms with E-state index in [-0.39, 0.29) is 5.41 Å². The summed E-state index contributed by atoms with van der Waals surface area (Å²) in [5.74, 6) is 0. The number of hydrogen-bond donors (Lipinski definition) is 3. The van der Waals surface area contributed by atoms with Crippen LogP contribution in [0.15, 0.2) is 11.4 Å². The van der Waals surface area contributed by atoms with Gasteiger partial charge in [0.05, 0.1) is 0 Å². The molecule has 0 heterocycles. The molecule has 3 N–H and O–H groups in total. The van der Waals surface area contributed by atoms with E-state index in [1.807, 2.05) is 6.92 Å². The largest absolute Gasteiger partial charge is 0.400 e. The first-order valence-corrected chi connectivity index (χ1v) is 3.71. The molecule has 0 radical (unpaired) electrons. The fraction of sp³-hybridized carbons (Fsp3) is 0.714. The second kappa shape index (κ2) is 3.19. The Kier molecular flexibility index (Phi) is 3.09. The van der Waals surface area contributed by atoms with Gasteiger partial charge in [-0.05, 0) is 6.92 Å². The first-order valence-electron chi connectivity index (χ1n) is 3.26. The normalized spacial score (nSPS) is 14.5. The highest BCUT2D eigenvalue weighted by molar-refractivity contribution is 7.78. The first-order chi connectivity index (χ1) is 4.39. The summed E-state index contributed by atoms with van der Waals surface area (Å²) in [7, 11) is 0. The lowest BCUT2D eigenvalue weighted by molar-refractivity contribution is 0.490. The van der Waals surface area contributed by atoms with Crippen LogP contribution in [0.4, 0.5) is 0 Å². The third-order valence-corrected chi connectivity index (χ3v) is 1.72. The Morgan fingerprint density at radius 1 is 1.40 bits per heavy atom. The number of nitrogens with two attached hydrogens (primary N) is 1. The zero-order valence-electron chi connectivity index (χ0n) is 7.02. The van der Waals surface area contributed by atoms with E-state index in [1.165, 1.54) is 0 Å². The molecule has 3 heteroatoms. The summed E-state index contributed by atoms with van der Waals surface area (Å²) < 4.78 is 2.72. The number of allylic oxidation sites excluding steroid dienone is 2. The average Bonchev–Trinajstić information content (AvgIpc) is 1.83. The maximum atomic E-state index is 5.77. The Hall–Kier alpha value is -0.310. The molecule has 0 aliphatic heterocycles. The average molecular weight is 160 g/mol. The van der Waals surface area contributed by atoms with Crippen molar-refractivity contribution in [2.24, 2.45) is 11.1 Å². The fourth-order valence-corrected chi connectivity index (χ4v) is 0.743. The highest BCUT2D eigenvalue weighted by Crippen LogP contribution is 2.22. The quantitative estimate of drug-likeness (QED) is 0.510. The van der Waals surface area contributed by atoms with E-state index in [4.69, 9.17) is 5.73 Å².